The van der Waals surface area contributed by atoms with Gasteiger partial charge < -0.3 is 9.84 Å². The first kappa shape index (κ1) is 13.3. The highest BCUT2D eigenvalue weighted by Crippen LogP contribution is 2.27. The zero-order chi connectivity index (χ0) is 13.9. The third-order valence-electron chi connectivity index (χ3n) is 3.55. The van der Waals surface area contributed by atoms with Gasteiger partial charge in [-0.05, 0) is 24.8 Å². The van der Waals surface area contributed by atoms with Gasteiger partial charge in [-0.25, -0.2) is 4.79 Å². The molecule has 0 bridgehead atoms. The van der Waals surface area contributed by atoms with Gasteiger partial charge in [-0.1, -0.05) is 0 Å². The zero-order valence-corrected chi connectivity index (χ0v) is 11.8. The predicted octanol–water partition coefficient (Wildman–Crippen LogP) is 2.74. The topological polar surface area (TPSA) is 64.3 Å². The fraction of sp³-hybridized carbons (Fsp3) is 0.429. The lowest BCUT2D eigenvalue weighted by Crippen LogP contribution is -2.20. The number of aromatic carboxylic acids is 1. The van der Waals surface area contributed by atoms with E-state index >= 15 is 0 Å². The van der Waals surface area contributed by atoms with Gasteiger partial charge in [0.2, 0.25) is 0 Å². The van der Waals surface area contributed by atoms with Crippen LogP contribution in [-0.4, -0.2) is 34.1 Å². The molecule has 1 N–H and O–H groups in total. The Balaban J connectivity index is 1.70. The van der Waals surface area contributed by atoms with Crippen molar-refractivity contribution in [2.24, 2.45) is 5.92 Å². The number of nitrogens with zero attached hydrogens (tertiary/aromatic N) is 2. The van der Waals surface area contributed by atoms with Crippen molar-refractivity contribution in [1.82, 2.24) is 9.78 Å². The van der Waals surface area contributed by atoms with E-state index in [2.05, 4.69) is 5.10 Å². The van der Waals surface area contributed by atoms with E-state index in [0.717, 1.165) is 43.0 Å². The third kappa shape index (κ3) is 2.91. The van der Waals surface area contributed by atoms with Crippen LogP contribution in [0.15, 0.2) is 23.8 Å². The summed E-state index contributed by atoms with van der Waals surface area (Å²) < 4.78 is 7.30. The van der Waals surface area contributed by atoms with Crippen molar-refractivity contribution >= 4 is 17.3 Å². The first-order chi connectivity index (χ1) is 9.72. The van der Waals surface area contributed by atoms with Crippen molar-refractivity contribution in [3.8, 4) is 10.4 Å². The SMILES string of the molecule is O=C(O)c1csc(-c2cnn(CC3CCOCC3)c2)c1. The molecule has 2 aromatic rings. The van der Waals surface area contributed by atoms with Gasteiger partial charge in [-0.3, -0.25) is 4.68 Å². The number of hydrogen-bond donors (Lipinski definition) is 1. The number of carboxylic acids is 1. The minimum absolute atomic E-state index is 0.335. The Kier molecular flexibility index (Phi) is 3.84. The van der Waals surface area contributed by atoms with Gasteiger partial charge in [0.05, 0.1) is 11.8 Å². The number of rotatable bonds is 4. The Morgan fingerprint density at radius 3 is 3.00 bits per heavy atom. The molecule has 0 saturated carbocycles. The molecule has 5 nitrogen and oxygen atoms in total. The molecule has 0 amide bonds. The summed E-state index contributed by atoms with van der Waals surface area (Å²) in [6.45, 7) is 2.58. The second-order valence-electron chi connectivity index (χ2n) is 5.01. The molecule has 2 aromatic heterocycles. The monoisotopic (exact) mass is 292 g/mol. The quantitative estimate of drug-likeness (QED) is 0.941. The van der Waals surface area contributed by atoms with Crippen LogP contribution in [0, 0.1) is 5.92 Å². The molecule has 1 fully saturated rings. The highest BCUT2D eigenvalue weighted by Gasteiger charge is 2.15. The van der Waals surface area contributed by atoms with Crippen molar-refractivity contribution in [1.29, 1.82) is 0 Å². The van der Waals surface area contributed by atoms with E-state index in [1.165, 1.54) is 11.3 Å². The Morgan fingerprint density at radius 2 is 2.30 bits per heavy atom. The molecule has 0 radical (unpaired) electrons. The molecule has 3 heterocycles. The fourth-order valence-corrected chi connectivity index (χ4v) is 3.24. The summed E-state index contributed by atoms with van der Waals surface area (Å²) in [5.74, 6) is -0.267. The van der Waals surface area contributed by atoms with Crippen LogP contribution in [0.4, 0.5) is 0 Å². The van der Waals surface area contributed by atoms with Crippen LogP contribution < -0.4 is 0 Å². The molecule has 0 atom stereocenters. The van der Waals surface area contributed by atoms with Gasteiger partial charge in [0, 0.05) is 41.8 Å². The number of aromatic nitrogens is 2. The normalized spacial score (nSPS) is 16.4. The molecule has 1 aliphatic heterocycles. The second-order valence-corrected chi connectivity index (χ2v) is 5.92. The number of carboxylic acid groups (broad SMARTS) is 1. The largest absolute Gasteiger partial charge is 0.478 e. The molecule has 1 saturated heterocycles. The highest BCUT2D eigenvalue weighted by atomic mass is 32.1. The second kappa shape index (κ2) is 5.76. The van der Waals surface area contributed by atoms with Crippen molar-refractivity contribution < 1.29 is 14.6 Å². The van der Waals surface area contributed by atoms with Crippen molar-refractivity contribution in [2.45, 2.75) is 19.4 Å². The first-order valence-electron chi connectivity index (χ1n) is 6.65. The van der Waals surface area contributed by atoms with Gasteiger partial charge in [0.25, 0.3) is 0 Å². The summed E-state index contributed by atoms with van der Waals surface area (Å²) in [6, 6.07) is 1.70. The molecule has 0 spiro atoms. The van der Waals surface area contributed by atoms with Crippen LogP contribution in [0.1, 0.15) is 23.2 Å². The fourth-order valence-electron chi connectivity index (χ4n) is 2.38. The lowest BCUT2D eigenvalue weighted by molar-refractivity contribution is 0.0601. The van der Waals surface area contributed by atoms with E-state index in [1.807, 2.05) is 10.9 Å². The van der Waals surface area contributed by atoms with Crippen LogP contribution in [0.2, 0.25) is 0 Å². The Hall–Kier alpha value is -1.66. The molecular formula is C14H16N2O3S. The lowest BCUT2D eigenvalue weighted by Gasteiger charge is -2.21. The van der Waals surface area contributed by atoms with E-state index in [4.69, 9.17) is 9.84 Å². The van der Waals surface area contributed by atoms with Gasteiger partial charge in [0.1, 0.15) is 0 Å². The minimum atomic E-state index is -0.887. The maximum Gasteiger partial charge on any atom is 0.336 e. The molecule has 106 valence electrons. The van der Waals surface area contributed by atoms with Gasteiger partial charge in [-0.15, -0.1) is 11.3 Å². The van der Waals surface area contributed by atoms with Gasteiger partial charge >= 0.3 is 5.97 Å². The van der Waals surface area contributed by atoms with E-state index in [-0.39, 0.29) is 0 Å². The summed E-state index contributed by atoms with van der Waals surface area (Å²) >= 11 is 1.44. The predicted molar refractivity (Wildman–Crippen MR) is 76.0 cm³/mol. The lowest BCUT2D eigenvalue weighted by atomic mass is 10.0. The van der Waals surface area contributed by atoms with Crippen molar-refractivity contribution in [2.75, 3.05) is 13.2 Å². The maximum absolute atomic E-state index is 10.9. The Morgan fingerprint density at radius 1 is 1.50 bits per heavy atom. The van der Waals surface area contributed by atoms with Crippen molar-refractivity contribution in [3.63, 3.8) is 0 Å². The summed E-state index contributed by atoms with van der Waals surface area (Å²) in [5.41, 5.74) is 1.32. The molecule has 0 unspecified atom stereocenters. The summed E-state index contributed by atoms with van der Waals surface area (Å²) in [5, 5.41) is 15.0. The first-order valence-corrected chi connectivity index (χ1v) is 7.53. The summed E-state index contributed by atoms with van der Waals surface area (Å²) in [6.07, 6.45) is 5.96. The molecule has 3 rings (SSSR count). The maximum atomic E-state index is 10.9. The Labute approximate surface area is 120 Å². The number of carbonyl (C=O) groups is 1. The molecule has 1 aliphatic rings. The number of hydrogen-bond acceptors (Lipinski definition) is 4. The third-order valence-corrected chi connectivity index (χ3v) is 4.53. The van der Waals surface area contributed by atoms with E-state index < -0.39 is 5.97 Å². The van der Waals surface area contributed by atoms with Crippen LogP contribution in [-0.2, 0) is 11.3 Å². The standard InChI is InChI=1S/C14H16N2O3S/c17-14(18)11-5-13(20-9-11)12-6-15-16(8-12)7-10-1-3-19-4-2-10/h5-6,8-10H,1-4,7H2,(H,17,18). The Bertz CT molecular complexity index is 599. The minimum Gasteiger partial charge on any atom is -0.478 e. The molecular weight excluding hydrogens is 276 g/mol. The van der Waals surface area contributed by atoms with Crippen LogP contribution >= 0.6 is 11.3 Å². The highest BCUT2D eigenvalue weighted by molar-refractivity contribution is 7.13. The van der Waals surface area contributed by atoms with Gasteiger partial charge in [-0.2, -0.15) is 5.10 Å². The summed E-state index contributed by atoms with van der Waals surface area (Å²) in [4.78, 5) is 11.8. The van der Waals surface area contributed by atoms with E-state index in [1.54, 1.807) is 17.6 Å². The smallest absolute Gasteiger partial charge is 0.336 e. The number of thiophene rings is 1. The van der Waals surface area contributed by atoms with E-state index in [0.29, 0.717) is 11.5 Å². The molecule has 0 aromatic carbocycles. The van der Waals surface area contributed by atoms with Gasteiger partial charge in [0.15, 0.2) is 0 Å². The zero-order valence-electron chi connectivity index (χ0n) is 11.0. The molecule has 0 aliphatic carbocycles. The van der Waals surface area contributed by atoms with Crippen LogP contribution in [0.25, 0.3) is 10.4 Å². The van der Waals surface area contributed by atoms with Crippen LogP contribution in [0.3, 0.4) is 0 Å². The van der Waals surface area contributed by atoms with E-state index in [9.17, 15) is 4.79 Å². The van der Waals surface area contributed by atoms with Crippen molar-refractivity contribution in [3.05, 3.63) is 29.4 Å². The van der Waals surface area contributed by atoms with Crippen LogP contribution in [0.5, 0.6) is 0 Å². The average Bonchev–Trinajstić information content (AvgIpc) is 3.08. The average molecular weight is 292 g/mol. The molecule has 6 heteroatoms. The molecule has 20 heavy (non-hydrogen) atoms. The summed E-state index contributed by atoms with van der Waals surface area (Å²) in [7, 11) is 0. The number of ether oxygens (including phenoxy) is 1.